The summed E-state index contributed by atoms with van der Waals surface area (Å²) in [6.07, 6.45) is 9.01. The molecule has 1 aliphatic carbocycles. The maximum absolute atomic E-state index is 11.6. The van der Waals surface area contributed by atoms with Crippen LogP contribution in [0.25, 0.3) is 0 Å². The third-order valence-corrected chi connectivity index (χ3v) is 3.91. The maximum atomic E-state index is 11.6. The Bertz CT molecular complexity index is 243. The van der Waals surface area contributed by atoms with Crippen molar-refractivity contribution >= 4 is 5.97 Å². The fourth-order valence-electron chi connectivity index (χ4n) is 2.93. The van der Waals surface area contributed by atoms with E-state index >= 15 is 0 Å². The molecule has 0 bridgehead atoms. The molecule has 1 N–H and O–H groups in total. The van der Waals surface area contributed by atoms with Gasteiger partial charge >= 0.3 is 5.97 Å². The summed E-state index contributed by atoms with van der Waals surface area (Å²) in [6.45, 7) is 6.50. The molecule has 0 aromatic heterocycles. The first-order valence-corrected chi connectivity index (χ1v) is 7.60. The van der Waals surface area contributed by atoms with E-state index in [0.29, 0.717) is 12.6 Å². The van der Waals surface area contributed by atoms with E-state index in [0.717, 1.165) is 5.92 Å². The smallest absolute Gasteiger partial charge is 0.322 e. The molecule has 0 heterocycles. The Hall–Kier alpha value is -0.570. The molecule has 3 atom stereocenters. The van der Waals surface area contributed by atoms with Gasteiger partial charge in [-0.05, 0) is 39.0 Å². The molecule has 0 aliphatic heterocycles. The van der Waals surface area contributed by atoms with Crippen molar-refractivity contribution in [3.05, 3.63) is 0 Å². The summed E-state index contributed by atoms with van der Waals surface area (Å²) >= 11 is 0. The highest BCUT2D eigenvalue weighted by Crippen LogP contribution is 2.26. The largest absolute Gasteiger partial charge is 0.465 e. The number of carbonyl (C=O) groups is 1. The van der Waals surface area contributed by atoms with Crippen molar-refractivity contribution in [3.63, 3.8) is 0 Å². The van der Waals surface area contributed by atoms with Crippen molar-refractivity contribution < 1.29 is 9.53 Å². The van der Waals surface area contributed by atoms with Crippen molar-refractivity contribution in [2.45, 2.75) is 77.8 Å². The molecule has 3 heteroatoms. The van der Waals surface area contributed by atoms with E-state index in [-0.39, 0.29) is 12.0 Å². The molecule has 3 unspecified atom stereocenters. The summed E-state index contributed by atoms with van der Waals surface area (Å²) in [5, 5.41) is 3.43. The minimum atomic E-state index is -0.169. The van der Waals surface area contributed by atoms with Gasteiger partial charge < -0.3 is 10.1 Å². The van der Waals surface area contributed by atoms with Gasteiger partial charge in [-0.15, -0.1) is 0 Å². The van der Waals surface area contributed by atoms with Gasteiger partial charge in [0.2, 0.25) is 0 Å². The first-order chi connectivity index (χ1) is 8.67. The predicted octanol–water partition coefficient (Wildman–Crippen LogP) is 3.28. The Kier molecular flexibility index (Phi) is 7.33. The number of esters is 1. The molecule has 18 heavy (non-hydrogen) atoms. The van der Waals surface area contributed by atoms with Crippen LogP contribution in [0.2, 0.25) is 0 Å². The van der Waals surface area contributed by atoms with E-state index in [4.69, 9.17) is 4.74 Å². The molecule has 0 aromatic carbocycles. The SMILES string of the molecule is CCCC1CCCC(NC(C)C(=O)OCC)CC1. The van der Waals surface area contributed by atoms with Gasteiger partial charge in [-0.1, -0.05) is 32.6 Å². The van der Waals surface area contributed by atoms with E-state index in [1.807, 2.05) is 13.8 Å². The highest BCUT2D eigenvalue weighted by Gasteiger charge is 2.22. The van der Waals surface area contributed by atoms with Crippen LogP contribution in [0.1, 0.15) is 65.7 Å². The minimum absolute atomic E-state index is 0.119. The van der Waals surface area contributed by atoms with Crippen LogP contribution < -0.4 is 5.32 Å². The first-order valence-electron chi connectivity index (χ1n) is 7.60. The quantitative estimate of drug-likeness (QED) is 0.585. The van der Waals surface area contributed by atoms with Gasteiger partial charge in [0, 0.05) is 6.04 Å². The van der Waals surface area contributed by atoms with Crippen LogP contribution in [-0.4, -0.2) is 24.7 Å². The molecule has 0 spiro atoms. The van der Waals surface area contributed by atoms with Crippen molar-refractivity contribution in [1.29, 1.82) is 0 Å². The molecular formula is C15H29NO2. The number of ether oxygens (including phenoxy) is 1. The Morgan fingerprint density at radius 1 is 1.28 bits per heavy atom. The lowest BCUT2D eigenvalue weighted by atomic mass is 9.95. The van der Waals surface area contributed by atoms with E-state index in [9.17, 15) is 4.79 Å². The van der Waals surface area contributed by atoms with Crippen LogP contribution in [0.5, 0.6) is 0 Å². The molecule has 0 amide bonds. The first kappa shape index (κ1) is 15.5. The number of nitrogens with one attached hydrogen (secondary N) is 1. The monoisotopic (exact) mass is 255 g/mol. The number of hydrogen-bond donors (Lipinski definition) is 1. The van der Waals surface area contributed by atoms with Crippen molar-refractivity contribution in [1.82, 2.24) is 5.32 Å². The fraction of sp³-hybridized carbons (Fsp3) is 0.933. The molecule has 1 aliphatic rings. The minimum Gasteiger partial charge on any atom is -0.465 e. The average molecular weight is 255 g/mol. The number of rotatable bonds is 6. The molecular weight excluding hydrogens is 226 g/mol. The molecule has 0 saturated heterocycles. The van der Waals surface area contributed by atoms with Crippen LogP contribution in [0.4, 0.5) is 0 Å². The Morgan fingerprint density at radius 3 is 2.72 bits per heavy atom. The Labute approximate surface area is 112 Å². The summed E-state index contributed by atoms with van der Waals surface area (Å²) in [4.78, 5) is 11.6. The van der Waals surface area contributed by atoms with E-state index in [1.54, 1.807) is 0 Å². The highest BCUT2D eigenvalue weighted by atomic mass is 16.5. The van der Waals surface area contributed by atoms with Gasteiger partial charge in [0.15, 0.2) is 0 Å². The van der Waals surface area contributed by atoms with Gasteiger partial charge in [0.25, 0.3) is 0 Å². The van der Waals surface area contributed by atoms with Crippen LogP contribution in [0.3, 0.4) is 0 Å². The average Bonchev–Trinajstić information content (AvgIpc) is 2.56. The van der Waals surface area contributed by atoms with E-state index in [1.165, 1.54) is 44.9 Å². The zero-order valence-electron chi connectivity index (χ0n) is 12.2. The summed E-state index contributed by atoms with van der Waals surface area (Å²) in [7, 11) is 0. The molecule has 1 rings (SSSR count). The van der Waals surface area contributed by atoms with Gasteiger partial charge in [-0.25, -0.2) is 0 Å². The molecule has 1 fully saturated rings. The lowest BCUT2D eigenvalue weighted by Crippen LogP contribution is -2.42. The molecule has 0 radical (unpaired) electrons. The molecule has 1 saturated carbocycles. The van der Waals surface area contributed by atoms with E-state index < -0.39 is 0 Å². The van der Waals surface area contributed by atoms with Gasteiger partial charge in [-0.3, -0.25) is 4.79 Å². The van der Waals surface area contributed by atoms with Crippen molar-refractivity contribution in [2.75, 3.05) is 6.61 Å². The summed E-state index contributed by atoms with van der Waals surface area (Å²) < 4.78 is 5.03. The van der Waals surface area contributed by atoms with Gasteiger partial charge in [0.1, 0.15) is 6.04 Å². The van der Waals surface area contributed by atoms with Crippen LogP contribution >= 0.6 is 0 Å². The lowest BCUT2D eigenvalue weighted by Gasteiger charge is -2.21. The van der Waals surface area contributed by atoms with Crippen LogP contribution in [0, 0.1) is 5.92 Å². The third kappa shape index (κ3) is 5.38. The zero-order valence-corrected chi connectivity index (χ0v) is 12.2. The second kappa shape index (κ2) is 8.52. The fourth-order valence-corrected chi connectivity index (χ4v) is 2.93. The summed E-state index contributed by atoms with van der Waals surface area (Å²) in [5.74, 6) is 0.784. The van der Waals surface area contributed by atoms with Gasteiger partial charge in [0.05, 0.1) is 6.61 Å². The molecule has 3 nitrogen and oxygen atoms in total. The Morgan fingerprint density at radius 2 is 2.06 bits per heavy atom. The lowest BCUT2D eigenvalue weighted by molar-refractivity contribution is -0.145. The Balaban J connectivity index is 2.32. The zero-order chi connectivity index (χ0) is 13.4. The van der Waals surface area contributed by atoms with Crippen LogP contribution in [0.15, 0.2) is 0 Å². The van der Waals surface area contributed by atoms with Crippen LogP contribution in [-0.2, 0) is 9.53 Å². The highest BCUT2D eigenvalue weighted by molar-refractivity contribution is 5.75. The second-order valence-corrected chi connectivity index (χ2v) is 5.50. The molecule has 0 aromatic rings. The standard InChI is InChI=1S/C15H29NO2/c1-4-7-13-8-6-9-14(11-10-13)16-12(3)15(17)18-5-2/h12-14,16H,4-11H2,1-3H3. The van der Waals surface area contributed by atoms with Crippen molar-refractivity contribution in [3.8, 4) is 0 Å². The summed E-state index contributed by atoms with van der Waals surface area (Å²) in [5.41, 5.74) is 0. The third-order valence-electron chi connectivity index (χ3n) is 3.91. The van der Waals surface area contributed by atoms with E-state index in [2.05, 4.69) is 12.2 Å². The maximum Gasteiger partial charge on any atom is 0.322 e. The van der Waals surface area contributed by atoms with Crippen molar-refractivity contribution in [2.24, 2.45) is 5.92 Å². The second-order valence-electron chi connectivity index (χ2n) is 5.50. The number of carbonyl (C=O) groups excluding carboxylic acids is 1. The summed E-state index contributed by atoms with van der Waals surface area (Å²) in [6, 6.07) is 0.323. The van der Waals surface area contributed by atoms with Gasteiger partial charge in [-0.2, -0.15) is 0 Å². The normalized spacial score (nSPS) is 26.4. The predicted molar refractivity (Wildman–Crippen MR) is 74.5 cm³/mol. The molecule has 106 valence electrons. The topological polar surface area (TPSA) is 38.3 Å². The number of hydrogen-bond acceptors (Lipinski definition) is 3.